The molecular weight excluding hydrogens is 404 g/mol. The number of amides is 1. The SMILES string of the molecule is COc1cc(C(=O)N2CC[C@H](O)C[C@H]2CO[Si](C)(C)C(C)(C)C)c([N+](=O)[O-])cc1C. The molecule has 2 atom stereocenters. The van der Waals surface area contributed by atoms with Crippen molar-refractivity contribution in [1.29, 1.82) is 0 Å². The van der Waals surface area contributed by atoms with Gasteiger partial charge >= 0.3 is 0 Å². The van der Waals surface area contributed by atoms with Gasteiger partial charge in [-0.15, -0.1) is 0 Å². The number of nitro groups is 1. The van der Waals surface area contributed by atoms with Gasteiger partial charge in [0, 0.05) is 18.7 Å². The quantitative estimate of drug-likeness (QED) is 0.410. The Morgan fingerprint density at radius 2 is 2.00 bits per heavy atom. The number of aliphatic hydroxyl groups excluding tert-OH is 1. The maximum absolute atomic E-state index is 13.4. The summed E-state index contributed by atoms with van der Waals surface area (Å²) in [6.45, 7) is 13.0. The summed E-state index contributed by atoms with van der Waals surface area (Å²) in [6.07, 6.45) is 0.292. The van der Waals surface area contributed by atoms with Crippen LogP contribution >= 0.6 is 0 Å². The van der Waals surface area contributed by atoms with E-state index in [1.165, 1.54) is 19.2 Å². The van der Waals surface area contributed by atoms with Crippen molar-refractivity contribution >= 4 is 19.9 Å². The molecule has 1 saturated heterocycles. The average molecular weight is 439 g/mol. The Kier molecular flexibility index (Phi) is 7.31. The van der Waals surface area contributed by atoms with Crippen LogP contribution in [0.2, 0.25) is 18.1 Å². The number of likely N-dealkylation sites (tertiary alicyclic amines) is 1. The predicted octanol–water partition coefficient (Wildman–Crippen LogP) is 3.90. The Hall–Kier alpha value is -1.97. The summed E-state index contributed by atoms with van der Waals surface area (Å²) in [6, 6.07) is 2.46. The van der Waals surface area contributed by atoms with Gasteiger partial charge in [-0.25, -0.2) is 0 Å². The van der Waals surface area contributed by atoms with E-state index in [2.05, 4.69) is 33.9 Å². The molecule has 2 rings (SSSR count). The van der Waals surface area contributed by atoms with E-state index in [9.17, 15) is 20.0 Å². The number of rotatable bonds is 6. The number of hydrogen-bond acceptors (Lipinski definition) is 6. The molecule has 1 amide bonds. The molecule has 0 aliphatic carbocycles. The normalized spacial score (nSPS) is 20.2. The fourth-order valence-corrected chi connectivity index (χ4v) is 4.39. The number of aryl methyl sites for hydroxylation is 1. The highest BCUT2D eigenvalue weighted by Crippen LogP contribution is 2.37. The number of hydrogen-bond donors (Lipinski definition) is 1. The molecule has 8 nitrogen and oxygen atoms in total. The number of nitrogens with zero attached hydrogens (tertiary/aromatic N) is 2. The van der Waals surface area contributed by atoms with Gasteiger partial charge in [0.25, 0.3) is 11.6 Å². The first-order valence-electron chi connectivity index (χ1n) is 10.2. The fraction of sp³-hybridized carbons (Fsp3) is 0.667. The molecule has 1 heterocycles. The highest BCUT2D eigenvalue weighted by atomic mass is 28.4. The van der Waals surface area contributed by atoms with Crippen LogP contribution in [0.1, 0.15) is 49.5 Å². The first-order chi connectivity index (χ1) is 13.8. The van der Waals surface area contributed by atoms with Crippen LogP contribution < -0.4 is 4.74 Å². The van der Waals surface area contributed by atoms with E-state index in [1.54, 1.807) is 11.8 Å². The van der Waals surface area contributed by atoms with Crippen LogP contribution in [0.3, 0.4) is 0 Å². The van der Waals surface area contributed by atoms with Crippen LogP contribution in [0.15, 0.2) is 12.1 Å². The average Bonchev–Trinajstić information content (AvgIpc) is 2.64. The maximum Gasteiger partial charge on any atom is 0.282 e. The maximum atomic E-state index is 13.4. The second-order valence-electron chi connectivity index (χ2n) is 9.50. The molecule has 1 N–H and O–H groups in total. The second kappa shape index (κ2) is 9.03. The molecule has 0 aromatic heterocycles. The molecule has 0 bridgehead atoms. The smallest absolute Gasteiger partial charge is 0.282 e. The van der Waals surface area contributed by atoms with Gasteiger partial charge in [0.15, 0.2) is 8.32 Å². The number of methoxy groups -OCH3 is 1. The van der Waals surface area contributed by atoms with Crippen LogP contribution in [-0.2, 0) is 4.43 Å². The first-order valence-corrected chi connectivity index (χ1v) is 13.2. The monoisotopic (exact) mass is 438 g/mol. The molecular formula is C21H34N2O6Si. The van der Waals surface area contributed by atoms with E-state index in [4.69, 9.17) is 9.16 Å². The third-order valence-electron chi connectivity index (χ3n) is 6.33. The Bertz CT molecular complexity index is 805. The molecule has 1 aromatic rings. The fourth-order valence-electron chi connectivity index (χ4n) is 3.35. The number of piperidine rings is 1. The first kappa shape index (κ1) is 24.3. The van der Waals surface area contributed by atoms with Crippen molar-refractivity contribution in [2.75, 3.05) is 20.3 Å². The predicted molar refractivity (Wildman–Crippen MR) is 118 cm³/mol. The lowest BCUT2D eigenvalue weighted by atomic mass is 9.98. The minimum absolute atomic E-state index is 0.00355. The lowest BCUT2D eigenvalue weighted by molar-refractivity contribution is -0.385. The van der Waals surface area contributed by atoms with Crippen molar-refractivity contribution in [3.05, 3.63) is 33.4 Å². The highest BCUT2D eigenvalue weighted by Gasteiger charge is 2.40. The highest BCUT2D eigenvalue weighted by molar-refractivity contribution is 6.74. The van der Waals surface area contributed by atoms with Crippen LogP contribution in [0.4, 0.5) is 5.69 Å². The van der Waals surface area contributed by atoms with Crippen LogP contribution in [0.25, 0.3) is 0 Å². The summed E-state index contributed by atoms with van der Waals surface area (Å²) >= 11 is 0. The summed E-state index contributed by atoms with van der Waals surface area (Å²) in [5.74, 6) is -0.00852. The minimum Gasteiger partial charge on any atom is -0.496 e. The van der Waals surface area contributed by atoms with Crippen molar-refractivity contribution < 1.29 is 24.0 Å². The van der Waals surface area contributed by atoms with Crippen molar-refractivity contribution in [3.63, 3.8) is 0 Å². The van der Waals surface area contributed by atoms with E-state index >= 15 is 0 Å². The Balaban J connectivity index is 2.35. The van der Waals surface area contributed by atoms with E-state index in [1.807, 2.05) is 0 Å². The largest absolute Gasteiger partial charge is 0.496 e. The molecule has 30 heavy (non-hydrogen) atoms. The van der Waals surface area contributed by atoms with E-state index < -0.39 is 25.3 Å². The molecule has 1 aliphatic heterocycles. The Morgan fingerprint density at radius 1 is 1.37 bits per heavy atom. The molecule has 0 unspecified atom stereocenters. The van der Waals surface area contributed by atoms with E-state index in [-0.39, 0.29) is 22.3 Å². The molecule has 1 fully saturated rings. The van der Waals surface area contributed by atoms with E-state index in [0.717, 1.165) is 0 Å². The summed E-state index contributed by atoms with van der Waals surface area (Å²) < 4.78 is 11.6. The van der Waals surface area contributed by atoms with E-state index in [0.29, 0.717) is 37.3 Å². The van der Waals surface area contributed by atoms with Crippen molar-refractivity contribution in [3.8, 4) is 5.75 Å². The number of benzene rings is 1. The second-order valence-corrected chi connectivity index (χ2v) is 14.3. The third-order valence-corrected chi connectivity index (χ3v) is 10.8. The van der Waals surface area contributed by atoms with Crippen molar-refractivity contribution in [2.45, 2.75) is 70.8 Å². The molecule has 0 saturated carbocycles. The van der Waals surface area contributed by atoms with Crippen molar-refractivity contribution in [1.82, 2.24) is 4.90 Å². The summed E-state index contributed by atoms with van der Waals surface area (Å²) in [5, 5.41) is 21.8. The van der Waals surface area contributed by atoms with Crippen LogP contribution in [-0.4, -0.2) is 61.6 Å². The standard InChI is InChI=1S/C21H34N2O6Si/c1-14-10-18(23(26)27)17(12-19(14)28-5)20(25)22-9-8-16(24)11-15(22)13-29-30(6,7)21(2,3)4/h10,12,15-16,24H,8-9,11,13H2,1-7H3/t15-,16-/m0/s1. The molecule has 168 valence electrons. The molecule has 1 aliphatic rings. The van der Waals surface area contributed by atoms with Gasteiger partial charge in [0.2, 0.25) is 0 Å². The summed E-state index contributed by atoms with van der Waals surface area (Å²) in [5.41, 5.74) is 0.345. The zero-order valence-corrected chi connectivity index (χ0v) is 20.0. The topological polar surface area (TPSA) is 102 Å². The number of ether oxygens (including phenoxy) is 1. The van der Waals surface area contributed by atoms with Gasteiger partial charge in [-0.2, -0.15) is 0 Å². The number of carbonyl (C=O) groups excluding carboxylic acids is 1. The van der Waals surface area contributed by atoms with Gasteiger partial charge < -0.3 is 19.2 Å². The number of aliphatic hydroxyl groups is 1. The summed E-state index contributed by atoms with van der Waals surface area (Å²) in [7, 11) is -0.586. The summed E-state index contributed by atoms with van der Waals surface area (Å²) in [4.78, 5) is 26.0. The molecule has 0 radical (unpaired) electrons. The van der Waals surface area contributed by atoms with Gasteiger partial charge in [0.05, 0.1) is 30.8 Å². The van der Waals surface area contributed by atoms with Crippen LogP contribution in [0.5, 0.6) is 5.75 Å². The lowest BCUT2D eigenvalue weighted by Gasteiger charge is -2.42. The number of nitro benzene ring substituents is 1. The van der Waals surface area contributed by atoms with Gasteiger partial charge in [-0.1, -0.05) is 20.8 Å². The zero-order valence-electron chi connectivity index (χ0n) is 19.0. The molecule has 0 spiro atoms. The Labute approximate surface area is 179 Å². The number of carbonyl (C=O) groups is 1. The Morgan fingerprint density at radius 3 is 2.53 bits per heavy atom. The van der Waals surface area contributed by atoms with Crippen molar-refractivity contribution in [2.24, 2.45) is 0 Å². The molecule has 9 heteroatoms. The van der Waals surface area contributed by atoms with Gasteiger partial charge in [-0.3, -0.25) is 14.9 Å². The van der Waals surface area contributed by atoms with Crippen LogP contribution in [0, 0.1) is 17.0 Å². The van der Waals surface area contributed by atoms with Gasteiger partial charge in [0.1, 0.15) is 11.3 Å². The molecule has 1 aromatic carbocycles. The lowest BCUT2D eigenvalue weighted by Crippen LogP contribution is -2.52. The van der Waals surface area contributed by atoms with Gasteiger partial charge in [-0.05, 0) is 43.5 Å². The zero-order chi connectivity index (χ0) is 22.9. The third kappa shape index (κ3) is 5.19. The minimum atomic E-state index is -2.05.